The van der Waals surface area contributed by atoms with Crippen LogP contribution in [0.15, 0.2) is 0 Å². The smallest absolute Gasteiger partial charge is 0.187 e. The maximum atomic E-state index is 11.1. The monoisotopic (exact) mass is 650 g/mol. The first-order valence-corrected chi connectivity index (χ1v) is 14.0. The zero-order valence-corrected chi connectivity index (χ0v) is 23.3. The van der Waals surface area contributed by atoms with E-state index in [9.17, 15) is 66.4 Å². The van der Waals surface area contributed by atoms with E-state index in [1.807, 2.05) is 0 Å². The Hall–Kier alpha value is -0.800. The first-order chi connectivity index (χ1) is 20.7. The van der Waals surface area contributed by atoms with Crippen LogP contribution in [0.25, 0.3) is 0 Å². The highest BCUT2D eigenvalue weighted by atomic mass is 16.8. The van der Waals surface area contributed by atoms with Gasteiger partial charge >= 0.3 is 0 Å². The van der Waals surface area contributed by atoms with E-state index in [-0.39, 0.29) is 0 Å². The molecule has 20 heteroatoms. The van der Waals surface area contributed by atoms with Crippen LogP contribution in [-0.4, -0.2) is 209 Å². The van der Waals surface area contributed by atoms with Crippen LogP contribution >= 0.6 is 0 Å². The Balaban J connectivity index is 1.58. The molecular formula is C24H42O20. The number of hydrogen-bond donors (Lipinski definition) is 13. The van der Waals surface area contributed by atoms with E-state index < -0.39 is 143 Å². The van der Waals surface area contributed by atoms with Gasteiger partial charge in [-0.15, -0.1) is 0 Å². The van der Waals surface area contributed by atoms with Crippen molar-refractivity contribution in [1.82, 2.24) is 0 Å². The molecule has 0 aliphatic carbocycles. The van der Waals surface area contributed by atoms with Crippen molar-refractivity contribution in [2.45, 2.75) is 130 Å². The number of hydrogen-bond acceptors (Lipinski definition) is 20. The third-order valence-corrected chi connectivity index (χ3v) is 8.17. The minimum Gasteiger partial charge on any atom is -0.394 e. The Bertz CT molecular complexity index is 886. The summed E-state index contributed by atoms with van der Waals surface area (Å²) in [5, 5.41) is 134. The van der Waals surface area contributed by atoms with E-state index >= 15 is 0 Å². The Morgan fingerprint density at radius 1 is 0.409 bits per heavy atom. The predicted molar refractivity (Wildman–Crippen MR) is 132 cm³/mol. The average Bonchev–Trinajstić information content (AvgIpc) is 3.00. The normalized spacial score (nSPS) is 53.9. The summed E-state index contributed by atoms with van der Waals surface area (Å²) in [5.74, 6) is 0. The first-order valence-electron chi connectivity index (χ1n) is 14.0. The molecule has 44 heavy (non-hydrogen) atoms. The molecule has 0 radical (unpaired) electrons. The lowest BCUT2D eigenvalue weighted by Crippen LogP contribution is -2.67. The van der Waals surface area contributed by atoms with Crippen molar-refractivity contribution in [3.05, 3.63) is 0 Å². The molecular weight excluding hydrogens is 608 g/mol. The van der Waals surface area contributed by atoms with Crippen molar-refractivity contribution in [2.24, 2.45) is 0 Å². The molecule has 20 nitrogen and oxygen atoms in total. The molecule has 4 rings (SSSR count). The summed E-state index contributed by atoms with van der Waals surface area (Å²) in [5.41, 5.74) is 0. The molecule has 0 aromatic heterocycles. The minimum absolute atomic E-state index is 0.819. The minimum atomic E-state index is -2.00. The molecule has 4 saturated heterocycles. The number of aliphatic hydroxyl groups is 13. The highest BCUT2D eigenvalue weighted by molar-refractivity contribution is 4.97. The second-order valence-electron chi connectivity index (χ2n) is 11.1. The Labute approximate surface area is 249 Å². The molecule has 4 aliphatic heterocycles. The van der Waals surface area contributed by atoms with Gasteiger partial charge in [-0.1, -0.05) is 0 Å². The van der Waals surface area contributed by atoms with Gasteiger partial charge < -0.3 is 99.5 Å². The van der Waals surface area contributed by atoms with Crippen LogP contribution in [-0.2, 0) is 33.2 Å². The molecule has 0 amide bonds. The van der Waals surface area contributed by atoms with Crippen LogP contribution in [0.3, 0.4) is 0 Å². The van der Waals surface area contributed by atoms with Crippen LogP contribution in [0.5, 0.6) is 0 Å². The molecule has 4 aliphatic rings. The van der Waals surface area contributed by atoms with Crippen LogP contribution < -0.4 is 0 Å². The summed E-state index contributed by atoms with van der Waals surface area (Å²) >= 11 is 0. The van der Waals surface area contributed by atoms with Crippen LogP contribution in [0.1, 0.15) is 6.92 Å². The summed E-state index contributed by atoms with van der Waals surface area (Å²) < 4.78 is 38.1. The zero-order chi connectivity index (χ0) is 32.6. The topological polar surface area (TPSA) is 328 Å². The van der Waals surface area contributed by atoms with Gasteiger partial charge in [-0.3, -0.25) is 0 Å². The lowest BCUT2D eigenvalue weighted by molar-refractivity contribution is -0.395. The van der Waals surface area contributed by atoms with Crippen molar-refractivity contribution in [3.8, 4) is 0 Å². The van der Waals surface area contributed by atoms with Crippen molar-refractivity contribution in [3.63, 3.8) is 0 Å². The predicted octanol–water partition coefficient (Wildman–Crippen LogP) is -8.72. The van der Waals surface area contributed by atoms with Gasteiger partial charge in [0.15, 0.2) is 25.2 Å². The standard InChI is InChI=1S/C24H42O20/c1-5-9(28)18(16(35)21(37)38-5)42-23-17(36)19(12(31)8(4-27)40-23)43-24-20(14(33)11(30)7(3-26)41-24)44-22-15(34)13(32)10(29)6(2-25)39-22/h5-37H,2-4H2,1H3/t5?,6?,7?,8?,9-,10+,11+,12+,13-,14-,15?,16?,17?,18-,19-,20?,21+,22+,23-,24-/m0/s1. The molecule has 0 aromatic carbocycles. The van der Waals surface area contributed by atoms with Gasteiger partial charge in [0.2, 0.25) is 0 Å². The van der Waals surface area contributed by atoms with E-state index in [1.165, 1.54) is 6.92 Å². The Morgan fingerprint density at radius 3 is 1.41 bits per heavy atom. The summed E-state index contributed by atoms with van der Waals surface area (Å²) in [7, 11) is 0. The Morgan fingerprint density at radius 2 is 0.841 bits per heavy atom. The van der Waals surface area contributed by atoms with Crippen LogP contribution in [0, 0.1) is 0 Å². The van der Waals surface area contributed by atoms with Gasteiger partial charge in [0.1, 0.15) is 91.6 Å². The second-order valence-corrected chi connectivity index (χ2v) is 11.1. The molecule has 13 N–H and O–H groups in total. The number of ether oxygens (including phenoxy) is 7. The molecule has 0 aromatic rings. The SMILES string of the molecule is CC1O[C@@H](O)C(O)[C@@H](O[C@@H]2OC(CO)[C@@H](O)[C@H](O[C@@H]3OC(CO)[C@@H](O)[C@H](O)C3O[C@H]3OC(CO)[C@@H](O)[C@H](O)C3O)C2O)[C@H]1O. The van der Waals surface area contributed by atoms with Gasteiger partial charge in [0.05, 0.1) is 25.9 Å². The van der Waals surface area contributed by atoms with Gasteiger partial charge in [0.25, 0.3) is 0 Å². The van der Waals surface area contributed by atoms with E-state index in [4.69, 9.17) is 33.2 Å². The summed E-state index contributed by atoms with van der Waals surface area (Å²) in [6.07, 6.45) is -34.8. The molecule has 8 unspecified atom stereocenters. The highest BCUT2D eigenvalue weighted by Gasteiger charge is 2.55. The molecule has 0 bridgehead atoms. The number of aliphatic hydroxyl groups excluding tert-OH is 13. The maximum absolute atomic E-state index is 11.1. The van der Waals surface area contributed by atoms with E-state index in [1.54, 1.807) is 0 Å². The molecule has 258 valence electrons. The molecule has 4 fully saturated rings. The molecule has 4 heterocycles. The van der Waals surface area contributed by atoms with Crippen LogP contribution in [0.4, 0.5) is 0 Å². The van der Waals surface area contributed by atoms with Gasteiger partial charge in [-0.25, -0.2) is 0 Å². The van der Waals surface area contributed by atoms with E-state index in [0.717, 1.165) is 0 Å². The van der Waals surface area contributed by atoms with Crippen LogP contribution in [0.2, 0.25) is 0 Å². The third kappa shape index (κ3) is 7.05. The lowest BCUT2D eigenvalue weighted by atomic mass is 9.95. The fourth-order valence-corrected chi connectivity index (χ4v) is 5.45. The number of rotatable bonds is 9. The summed E-state index contributed by atoms with van der Waals surface area (Å²) in [6.45, 7) is -1.19. The fourth-order valence-electron chi connectivity index (χ4n) is 5.45. The van der Waals surface area contributed by atoms with Gasteiger partial charge in [-0.2, -0.15) is 0 Å². The third-order valence-electron chi connectivity index (χ3n) is 8.17. The van der Waals surface area contributed by atoms with Crippen molar-refractivity contribution in [1.29, 1.82) is 0 Å². The fraction of sp³-hybridized carbons (Fsp3) is 1.00. The molecule has 0 saturated carbocycles. The summed E-state index contributed by atoms with van der Waals surface area (Å²) in [6, 6.07) is 0. The van der Waals surface area contributed by atoms with Crippen molar-refractivity contribution >= 4 is 0 Å². The largest absolute Gasteiger partial charge is 0.394 e. The lowest BCUT2D eigenvalue weighted by Gasteiger charge is -2.49. The van der Waals surface area contributed by atoms with Gasteiger partial charge in [-0.05, 0) is 6.92 Å². The average molecular weight is 651 g/mol. The van der Waals surface area contributed by atoms with E-state index in [0.29, 0.717) is 0 Å². The van der Waals surface area contributed by atoms with Crippen molar-refractivity contribution in [2.75, 3.05) is 19.8 Å². The summed E-state index contributed by atoms with van der Waals surface area (Å²) in [4.78, 5) is 0. The highest BCUT2D eigenvalue weighted by Crippen LogP contribution is 2.34. The molecule has 20 atom stereocenters. The second kappa shape index (κ2) is 15.0. The van der Waals surface area contributed by atoms with Crippen molar-refractivity contribution < 1.29 is 99.5 Å². The van der Waals surface area contributed by atoms with Gasteiger partial charge in [0, 0.05) is 0 Å². The molecule has 0 spiro atoms. The zero-order valence-electron chi connectivity index (χ0n) is 23.3. The Kier molecular flexibility index (Phi) is 12.3. The first kappa shape index (κ1) is 36.0. The maximum Gasteiger partial charge on any atom is 0.187 e. The van der Waals surface area contributed by atoms with E-state index in [2.05, 4.69) is 0 Å². The quantitative estimate of drug-likeness (QED) is 0.110.